The van der Waals surface area contributed by atoms with E-state index in [9.17, 15) is 4.79 Å². The van der Waals surface area contributed by atoms with Gasteiger partial charge in [0.15, 0.2) is 5.11 Å². The van der Waals surface area contributed by atoms with E-state index in [2.05, 4.69) is 22.2 Å². The van der Waals surface area contributed by atoms with Crippen molar-refractivity contribution in [3.05, 3.63) is 48.2 Å². The number of methoxy groups -OCH3 is 1. The third kappa shape index (κ3) is 3.47. The number of anilines is 1. The molecule has 0 amide bonds. The number of furan rings is 1. The molecule has 0 saturated heterocycles. The molecule has 0 bridgehead atoms. The molecule has 3 rings (SSSR count). The second kappa shape index (κ2) is 7.67. The van der Waals surface area contributed by atoms with Gasteiger partial charge in [-0.05, 0) is 31.3 Å². The van der Waals surface area contributed by atoms with Crippen molar-refractivity contribution in [2.45, 2.75) is 6.92 Å². The second-order valence-electron chi connectivity index (χ2n) is 5.34. The van der Waals surface area contributed by atoms with Gasteiger partial charge in [-0.15, -0.1) is 17.9 Å². The zero-order chi connectivity index (χ0) is 18.7. The Labute approximate surface area is 159 Å². The summed E-state index contributed by atoms with van der Waals surface area (Å²) in [5.74, 6) is 0.294. The summed E-state index contributed by atoms with van der Waals surface area (Å²) in [6.07, 6.45) is 1.69. The number of nitrogens with one attached hydrogen (secondary N) is 2. The van der Waals surface area contributed by atoms with Crippen LogP contribution in [0.25, 0.3) is 20.8 Å². The van der Waals surface area contributed by atoms with Crippen molar-refractivity contribution in [3.63, 3.8) is 0 Å². The standard InChI is InChI=1S/C18H17N3O3S2/c1-4-9-19-18(25)21-15-14(13(10(2)24-15)17(22)23-3)16-20-11-7-5-6-8-12(11)26-16/h4-8H,1,9H2,2-3H3,(H2,19,21,25). The SMILES string of the molecule is C=CCNC(=S)Nc1oc(C)c(C(=O)OC)c1-c1nc2ccccc2s1. The van der Waals surface area contributed by atoms with E-state index >= 15 is 0 Å². The molecule has 0 atom stereocenters. The van der Waals surface area contributed by atoms with Gasteiger partial charge in [0.25, 0.3) is 0 Å². The first-order valence-electron chi connectivity index (χ1n) is 7.78. The zero-order valence-corrected chi connectivity index (χ0v) is 15.9. The van der Waals surface area contributed by atoms with E-state index in [1.54, 1.807) is 13.0 Å². The zero-order valence-electron chi connectivity index (χ0n) is 14.3. The Morgan fingerprint density at radius 1 is 1.46 bits per heavy atom. The number of carbonyl (C=O) groups excluding carboxylic acids is 1. The van der Waals surface area contributed by atoms with Crippen LogP contribution in [0.15, 0.2) is 41.3 Å². The molecule has 0 aliphatic heterocycles. The predicted molar refractivity (Wildman–Crippen MR) is 108 cm³/mol. The van der Waals surface area contributed by atoms with Crippen LogP contribution in [0.1, 0.15) is 16.1 Å². The predicted octanol–water partition coefficient (Wildman–Crippen LogP) is 4.12. The maximum Gasteiger partial charge on any atom is 0.342 e. The van der Waals surface area contributed by atoms with Crippen molar-refractivity contribution in [2.24, 2.45) is 0 Å². The Balaban J connectivity index is 2.11. The number of ether oxygens (including phenoxy) is 1. The number of nitrogens with zero attached hydrogens (tertiary/aromatic N) is 1. The lowest BCUT2D eigenvalue weighted by Crippen LogP contribution is -2.28. The normalized spacial score (nSPS) is 10.5. The van der Waals surface area contributed by atoms with Crippen LogP contribution < -0.4 is 10.6 Å². The smallest absolute Gasteiger partial charge is 0.342 e. The molecule has 0 unspecified atom stereocenters. The molecule has 2 heterocycles. The molecule has 2 aromatic heterocycles. The second-order valence-corrected chi connectivity index (χ2v) is 6.78. The van der Waals surface area contributed by atoms with Crippen LogP contribution in [0.2, 0.25) is 0 Å². The molecule has 134 valence electrons. The third-order valence-electron chi connectivity index (χ3n) is 3.62. The number of esters is 1. The van der Waals surface area contributed by atoms with Crippen LogP contribution in [0.3, 0.4) is 0 Å². The molecule has 0 aliphatic carbocycles. The molecule has 6 nitrogen and oxygen atoms in total. The maximum absolute atomic E-state index is 12.3. The first kappa shape index (κ1) is 18.1. The Bertz CT molecular complexity index is 958. The van der Waals surface area contributed by atoms with Crippen LogP contribution in [0.4, 0.5) is 5.88 Å². The first-order chi connectivity index (χ1) is 12.5. The summed E-state index contributed by atoms with van der Waals surface area (Å²) in [5, 5.41) is 6.97. The highest BCUT2D eigenvalue weighted by molar-refractivity contribution is 7.80. The van der Waals surface area contributed by atoms with E-state index in [0.717, 1.165) is 10.2 Å². The first-order valence-corrected chi connectivity index (χ1v) is 9.01. The fraction of sp³-hybridized carbons (Fsp3) is 0.167. The van der Waals surface area contributed by atoms with Gasteiger partial charge in [-0.2, -0.15) is 0 Å². The van der Waals surface area contributed by atoms with Gasteiger partial charge in [-0.25, -0.2) is 9.78 Å². The average Bonchev–Trinajstić information content (AvgIpc) is 3.19. The number of hydrogen-bond donors (Lipinski definition) is 2. The fourth-order valence-corrected chi connectivity index (χ4v) is 3.67. The van der Waals surface area contributed by atoms with Crippen molar-refractivity contribution < 1.29 is 13.9 Å². The minimum Gasteiger partial charge on any atom is -0.465 e. The third-order valence-corrected chi connectivity index (χ3v) is 4.92. The van der Waals surface area contributed by atoms with E-state index < -0.39 is 5.97 Å². The number of carbonyl (C=O) groups is 1. The number of rotatable bonds is 5. The van der Waals surface area contributed by atoms with Crippen molar-refractivity contribution in [3.8, 4) is 10.6 Å². The molecular weight excluding hydrogens is 370 g/mol. The molecule has 3 aromatic rings. The maximum atomic E-state index is 12.3. The van der Waals surface area contributed by atoms with Gasteiger partial charge in [0, 0.05) is 6.54 Å². The van der Waals surface area contributed by atoms with Crippen molar-refractivity contribution in [1.29, 1.82) is 0 Å². The molecule has 0 fully saturated rings. The number of para-hydroxylation sites is 1. The monoisotopic (exact) mass is 387 g/mol. The van der Waals surface area contributed by atoms with E-state index in [4.69, 9.17) is 21.4 Å². The molecule has 8 heteroatoms. The Morgan fingerprint density at radius 3 is 2.92 bits per heavy atom. The fourth-order valence-electron chi connectivity index (χ4n) is 2.48. The largest absolute Gasteiger partial charge is 0.465 e. The van der Waals surface area contributed by atoms with Gasteiger partial charge in [0.05, 0.1) is 22.9 Å². The molecule has 0 radical (unpaired) electrons. The number of aryl methyl sites for hydroxylation is 1. The van der Waals surface area contributed by atoms with Crippen molar-refractivity contribution in [2.75, 3.05) is 19.0 Å². The van der Waals surface area contributed by atoms with E-state index in [-0.39, 0.29) is 0 Å². The van der Waals surface area contributed by atoms with Crippen LogP contribution >= 0.6 is 23.6 Å². The highest BCUT2D eigenvalue weighted by Crippen LogP contribution is 2.40. The van der Waals surface area contributed by atoms with Gasteiger partial charge < -0.3 is 19.8 Å². The summed E-state index contributed by atoms with van der Waals surface area (Å²) >= 11 is 6.72. The quantitative estimate of drug-likeness (QED) is 0.387. The lowest BCUT2D eigenvalue weighted by Gasteiger charge is -2.08. The van der Waals surface area contributed by atoms with Gasteiger partial charge in [-0.3, -0.25) is 0 Å². The van der Waals surface area contributed by atoms with Gasteiger partial charge in [0.2, 0.25) is 5.88 Å². The van der Waals surface area contributed by atoms with Crippen LogP contribution in [0.5, 0.6) is 0 Å². The highest BCUT2D eigenvalue weighted by atomic mass is 32.1. The Hall–Kier alpha value is -2.71. The number of hydrogen-bond acceptors (Lipinski definition) is 6. The van der Waals surface area contributed by atoms with E-state index in [0.29, 0.717) is 39.4 Å². The van der Waals surface area contributed by atoms with Gasteiger partial charge in [0.1, 0.15) is 16.3 Å². The summed E-state index contributed by atoms with van der Waals surface area (Å²) in [6, 6.07) is 7.76. The molecule has 0 spiro atoms. The topological polar surface area (TPSA) is 76.4 Å². The molecule has 1 aromatic carbocycles. The summed E-state index contributed by atoms with van der Waals surface area (Å²) in [5.41, 5.74) is 1.72. The minimum absolute atomic E-state index is 0.334. The number of thiazole rings is 1. The number of fused-ring (bicyclic) bond motifs is 1. The molecule has 0 saturated carbocycles. The lowest BCUT2D eigenvalue weighted by atomic mass is 10.1. The van der Waals surface area contributed by atoms with Crippen LogP contribution in [-0.2, 0) is 4.74 Å². The highest BCUT2D eigenvalue weighted by Gasteiger charge is 2.28. The van der Waals surface area contributed by atoms with Crippen LogP contribution in [0, 0.1) is 6.92 Å². The molecule has 0 aliphatic rings. The molecule has 26 heavy (non-hydrogen) atoms. The summed E-state index contributed by atoms with van der Waals surface area (Å²) in [4.78, 5) is 17.0. The van der Waals surface area contributed by atoms with Gasteiger partial charge in [-0.1, -0.05) is 18.2 Å². The van der Waals surface area contributed by atoms with Crippen molar-refractivity contribution in [1.82, 2.24) is 10.3 Å². The van der Waals surface area contributed by atoms with Gasteiger partial charge >= 0.3 is 5.97 Å². The summed E-state index contributed by atoms with van der Waals surface area (Å²) in [6.45, 7) is 5.85. The lowest BCUT2D eigenvalue weighted by molar-refractivity contribution is 0.0599. The van der Waals surface area contributed by atoms with Crippen molar-refractivity contribution >= 4 is 50.7 Å². The number of thiocarbonyl (C=S) groups is 1. The summed E-state index contributed by atoms with van der Waals surface area (Å²) < 4.78 is 11.7. The average molecular weight is 387 g/mol. The van der Waals surface area contributed by atoms with Crippen LogP contribution in [-0.4, -0.2) is 29.7 Å². The summed E-state index contributed by atoms with van der Waals surface area (Å²) in [7, 11) is 1.33. The Kier molecular flexibility index (Phi) is 5.34. The molecule has 2 N–H and O–H groups in total. The molecular formula is C18H17N3O3S2. The number of benzene rings is 1. The number of aromatic nitrogens is 1. The van der Waals surface area contributed by atoms with E-state index in [1.807, 2.05) is 24.3 Å². The minimum atomic E-state index is -0.487. The Morgan fingerprint density at radius 2 is 2.23 bits per heavy atom. The van der Waals surface area contributed by atoms with E-state index in [1.165, 1.54) is 18.4 Å².